The van der Waals surface area contributed by atoms with Crippen LogP contribution in [0.4, 0.5) is 4.79 Å². The van der Waals surface area contributed by atoms with Gasteiger partial charge in [0.2, 0.25) is 5.88 Å². The quantitative estimate of drug-likeness (QED) is 0.336. The van der Waals surface area contributed by atoms with Crippen LogP contribution in [0.15, 0.2) is 36.4 Å². The maximum atomic E-state index is 12.2. The second kappa shape index (κ2) is 12.6. The van der Waals surface area contributed by atoms with Gasteiger partial charge in [0, 0.05) is 45.0 Å². The summed E-state index contributed by atoms with van der Waals surface area (Å²) in [5, 5.41) is 7.72. The van der Waals surface area contributed by atoms with Gasteiger partial charge in [0.25, 0.3) is 0 Å². The number of fused-ring (bicyclic) bond motifs is 1. The first kappa shape index (κ1) is 25.8. The molecule has 36 heavy (non-hydrogen) atoms. The van der Waals surface area contributed by atoms with Crippen molar-refractivity contribution < 1.29 is 28.6 Å². The standard InChI is InChI=1S/C26H34N4O6/c1-2-30-25(21-5-3-4-6-22(21)28-30)35-23(31)7-8-24(32)36-26(33)27-17-19-9-13-29(14-10-19)18-20-11-15-34-16-12-20/h3-8,19-20H,2,9-18H2,1H3,(H,27,33)/b8-7+. The number of esters is 2. The zero-order valence-electron chi connectivity index (χ0n) is 20.7. The van der Waals surface area contributed by atoms with Crippen molar-refractivity contribution in [2.75, 3.05) is 39.4 Å². The van der Waals surface area contributed by atoms with E-state index in [1.54, 1.807) is 10.7 Å². The molecule has 10 nitrogen and oxygen atoms in total. The summed E-state index contributed by atoms with van der Waals surface area (Å²) >= 11 is 0. The number of piperidine rings is 1. The number of ether oxygens (including phenoxy) is 3. The van der Waals surface area contributed by atoms with E-state index in [-0.39, 0.29) is 0 Å². The van der Waals surface area contributed by atoms with Crippen LogP contribution in [0.25, 0.3) is 10.9 Å². The van der Waals surface area contributed by atoms with Crippen molar-refractivity contribution in [1.29, 1.82) is 0 Å². The monoisotopic (exact) mass is 498 g/mol. The zero-order chi connectivity index (χ0) is 25.3. The fraction of sp³-hybridized carbons (Fsp3) is 0.538. The molecule has 0 bridgehead atoms. The second-order valence-electron chi connectivity index (χ2n) is 9.28. The summed E-state index contributed by atoms with van der Waals surface area (Å²) in [7, 11) is 0. The van der Waals surface area contributed by atoms with Gasteiger partial charge in [-0.25, -0.2) is 19.1 Å². The molecule has 0 spiro atoms. The summed E-state index contributed by atoms with van der Waals surface area (Å²) in [6.07, 6.45) is 5.25. The molecule has 1 N–H and O–H groups in total. The molecule has 0 radical (unpaired) electrons. The van der Waals surface area contributed by atoms with E-state index in [0.29, 0.717) is 41.7 Å². The smallest absolute Gasteiger partial charge is 0.404 e. The summed E-state index contributed by atoms with van der Waals surface area (Å²) < 4.78 is 17.1. The topological polar surface area (TPSA) is 112 Å². The number of nitrogens with one attached hydrogen (secondary N) is 1. The maximum Gasteiger partial charge on any atom is 0.415 e. The van der Waals surface area contributed by atoms with Crippen LogP contribution in [0, 0.1) is 11.8 Å². The van der Waals surface area contributed by atoms with Crippen LogP contribution in [0.2, 0.25) is 0 Å². The van der Waals surface area contributed by atoms with E-state index < -0.39 is 18.0 Å². The number of likely N-dealkylation sites (tertiary alicyclic amines) is 1. The van der Waals surface area contributed by atoms with E-state index in [9.17, 15) is 14.4 Å². The molecular weight excluding hydrogens is 464 g/mol. The van der Waals surface area contributed by atoms with E-state index in [1.807, 2.05) is 25.1 Å². The van der Waals surface area contributed by atoms with Crippen molar-refractivity contribution in [1.82, 2.24) is 20.0 Å². The highest BCUT2D eigenvalue weighted by atomic mass is 16.6. The zero-order valence-corrected chi connectivity index (χ0v) is 20.7. The van der Waals surface area contributed by atoms with E-state index >= 15 is 0 Å². The molecule has 0 unspecified atom stereocenters. The molecule has 2 saturated heterocycles. The highest BCUT2D eigenvalue weighted by Gasteiger charge is 2.23. The summed E-state index contributed by atoms with van der Waals surface area (Å²) in [5.41, 5.74) is 0.701. The molecule has 2 aliphatic rings. The molecule has 0 aliphatic carbocycles. The number of carbonyl (C=O) groups excluding carboxylic acids is 3. The minimum atomic E-state index is -0.940. The highest BCUT2D eigenvalue weighted by molar-refractivity contribution is 5.97. The maximum absolute atomic E-state index is 12.2. The Hall–Kier alpha value is -3.24. The van der Waals surface area contributed by atoms with Crippen molar-refractivity contribution >= 4 is 28.9 Å². The Morgan fingerprint density at radius 2 is 1.78 bits per heavy atom. The average Bonchev–Trinajstić information content (AvgIpc) is 3.25. The molecule has 0 atom stereocenters. The normalized spacial score (nSPS) is 17.9. The Labute approximate surface area is 210 Å². The van der Waals surface area contributed by atoms with Crippen LogP contribution in [0.5, 0.6) is 5.88 Å². The number of carbonyl (C=O) groups is 3. The van der Waals surface area contributed by atoms with Gasteiger partial charge in [0.1, 0.15) is 0 Å². The fourth-order valence-corrected chi connectivity index (χ4v) is 4.70. The predicted octanol–water partition coefficient (Wildman–Crippen LogP) is 2.91. The summed E-state index contributed by atoms with van der Waals surface area (Å²) in [5.74, 6) is -0.340. The first-order chi connectivity index (χ1) is 17.5. The summed E-state index contributed by atoms with van der Waals surface area (Å²) in [6.45, 7) is 7.71. The van der Waals surface area contributed by atoms with Crippen LogP contribution in [0.1, 0.15) is 32.6 Å². The van der Waals surface area contributed by atoms with Crippen LogP contribution in [-0.2, 0) is 25.6 Å². The van der Waals surface area contributed by atoms with Gasteiger partial charge in [0.05, 0.1) is 10.9 Å². The highest BCUT2D eigenvalue weighted by Crippen LogP contribution is 2.25. The van der Waals surface area contributed by atoms with Crippen LogP contribution in [0.3, 0.4) is 0 Å². The van der Waals surface area contributed by atoms with E-state index in [1.165, 1.54) is 0 Å². The SMILES string of the molecule is CCn1nc2ccccc2c1OC(=O)/C=C/C(=O)OC(=O)NCC1CCN(CC2CCOCC2)CC1. The lowest BCUT2D eigenvalue weighted by atomic mass is 9.94. The summed E-state index contributed by atoms with van der Waals surface area (Å²) in [4.78, 5) is 38.7. The number of aromatic nitrogens is 2. The minimum Gasteiger partial charge on any atom is -0.404 e. The number of rotatable bonds is 8. The molecule has 194 valence electrons. The molecule has 3 heterocycles. The average molecular weight is 499 g/mol. The molecule has 2 fully saturated rings. The third-order valence-electron chi connectivity index (χ3n) is 6.74. The Morgan fingerprint density at radius 1 is 1.06 bits per heavy atom. The van der Waals surface area contributed by atoms with Crippen LogP contribution in [-0.4, -0.2) is 72.1 Å². The van der Waals surface area contributed by atoms with Gasteiger partial charge in [-0.2, -0.15) is 5.10 Å². The Balaban J connectivity index is 1.15. The fourth-order valence-electron chi connectivity index (χ4n) is 4.70. The molecule has 4 rings (SSSR count). The summed E-state index contributed by atoms with van der Waals surface area (Å²) in [6, 6.07) is 7.29. The molecule has 1 aromatic carbocycles. The Kier molecular flexibility index (Phi) is 9.07. The first-order valence-corrected chi connectivity index (χ1v) is 12.7. The van der Waals surface area contributed by atoms with Crippen molar-refractivity contribution in [2.24, 2.45) is 11.8 Å². The molecule has 1 aromatic heterocycles. The number of aryl methyl sites for hydroxylation is 1. The number of amides is 1. The van der Waals surface area contributed by atoms with Crippen molar-refractivity contribution in [3.63, 3.8) is 0 Å². The first-order valence-electron chi connectivity index (χ1n) is 12.7. The van der Waals surface area contributed by atoms with Gasteiger partial charge < -0.3 is 24.4 Å². The molecule has 0 saturated carbocycles. The number of alkyl carbamates (subject to hydrolysis) is 1. The lowest BCUT2D eigenvalue weighted by Crippen LogP contribution is -2.41. The van der Waals surface area contributed by atoms with E-state index in [2.05, 4.69) is 15.3 Å². The minimum absolute atomic E-state index is 0.299. The van der Waals surface area contributed by atoms with E-state index in [0.717, 1.165) is 70.7 Å². The largest absolute Gasteiger partial charge is 0.415 e. The second-order valence-corrected chi connectivity index (χ2v) is 9.28. The van der Waals surface area contributed by atoms with Gasteiger partial charge in [-0.05, 0) is 69.7 Å². The van der Waals surface area contributed by atoms with Crippen LogP contribution < -0.4 is 10.1 Å². The van der Waals surface area contributed by atoms with E-state index in [4.69, 9.17) is 14.2 Å². The molecular formula is C26H34N4O6. The van der Waals surface area contributed by atoms with Gasteiger partial charge in [-0.15, -0.1) is 0 Å². The molecule has 2 aliphatic heterocycles. The van der Waals surface area contributed by atoms with Crippen LogP contribution >= 0.6 is 0 Å². The molecule has 1 amide bonds. The molecule has 10 heteroatoms. The van der Waals surface area contributed by atoms with Gasteiger partial charge in [-0.1, -0.05) is 12.1 Å². The van der Waals surface area contributed by atoms with Crippen molar-refractivity contribution in [3.05, 3.63) is 36.4 Å². The Bertz CT molecular complexity index is 1080. The lowest BCUT2D eigenvalue weighted by Gasteiger charge is -2.35. The number of nitrogens with zero attached hydrogens (tertiary/aromatic N) is 3. The van der Waals surface area contributed by atoms with Gasteiger partial charge in [-0.3, -0.25) is 0 Å². The van der Waals surface area contributed by atoms with Gasteiger partial charge >= 0.3 is 18.0 Å². The van der Waals surface area contributed by atoms with Crippen molar-refractivity contribution in [3.8, 4) is 5.88 Å². The third-order valence-corrected chi connectivity index (χ3v) is 6.74. The third kappa shape index (κ3) is 7.14. The Morgan fingerprint density at radius 3 is 2.53 bits per heavy atom. The van der Waals surface area contributed by atoms with Gasteiger partial charge in [0.15, 0.2) is 0 Å². The number of hydrogen-bond donors (Lipinski definition) is 1. The van der Waals surface area contributed by atoms with Crippen molar-refractivity contribution in [2.45, 2.75) is 39.2 Å². The predicted molar refractivity (Wildman–Crippen MR) is 132 cm³/mol. The number of hydrogen-bond acceptors (Lipinski definition) is 8. The molecule has 2 aromatic rings. The lowest BCUT2D eigenvalue weighted by molar-refractivity contribution is -0.133. The number of benzene rings is 1.